The fourth-order valence-corrected chi connectivity index (χ4v) is 4.19. The van der Waals surface area contributed by atoms with Crippen LogP contribution in [0.2, 0.25) is 0 Å². The van der Waals surface area contributed by atoms with Gasteiger partial charge < -0.3 is 24.9 Å². The number of rotatable bonds is 8. The number of carboxylic acids is 1. The molecule has 4 rings (SSSR count). The lowest BCUT2D eigenvalue weighted by Gasteiger charge is -2.18. The molecule has 1 aliphatic carbocycles. The molecule has 1 aliphatic rings. The van der Waals surface area contributed by atoms with Gasteiger partial charge in [0.1, 0.15) is 18.4 Å². The van der Waals surface area contributed by atoms with Gasteiger partial charge in [0.25, 0.3) is 0 Å². The fourth-order valence-electron chi connectivity index (χ4n) is 4.19. The van der Waals surface area contributed by atoms with E-state index in [1.165, 1.54) is 0 Å². The van der Waals surface area contributed by atoms with Gasteiger partial charge >= 0.3 is 12.1 Å². The Bertz CT molecular complexity index is 1190. The minimum Gasteiger partial charge on any atom is -0.481 e. The van der Waals surface area contributed by atoms with E-state index in [4.69, 9.17) is 9.15 Å². The number of aliphatic carboxylic acids is 1. The van der Waals surface area contributed by atoms with E-state index in [0.717, 1.165) is 22.3 Å². The van der Waals surface area contributed by atoms with Gasteiger partial charge in [-0.05, 0) is 29.2 Å². The van der Waals surface area contributed by atoms with E-state index in [0.29, 0.717) is 17.3 Å². The van der Waals surface area contributed by atoms with Crippen LogP contribution >= 0.6 is 0 Å². The maximum absolute atomic E-state index is 12.6. The molecule has 34 heavy (non-hydrogen) atoms. The molecule has 1 heterocycles. The zero-order valence-corrected chi connectivity index (χ0v) is 18.8. The summed E-state index contributed by atoms with van der Waals surface area (Å²) in [5, 5.41) is 14.2. The fraction of sp³-hybridized carbons (Fsp3) is 0.280. The van der Waals surface area contributed by atoms with Crippen LogP contribution in [-0.2, 0) is 20.9 Å². The highest BCUT2D eigenvalue weighted by atomic mass is 16.5. The molecule has 3 N–H and O–H groups in total. The lowest BCUT2D eigenvalue weighted by Crippen LogP contribution is -2.48. The third-order valence-corrected chi connectivity index (χ3v) is 5.75. The number of aromatic nitrogens is 1. The van der Waals surface area contributed by atoms with Crippen molar-refractivity contribution < 1.29 is 28.6 Å². The number of oxazole rings is 1. The number of nitrogens with zero attached hydrogens (tertiary/aromatic N) is 1. The Kier molecular flexibility index (Phi) is 6.62. The highest BCUT2D eigenvalue weighted by Crippen LogP contribution is 2.44. The van der Waals surface area contributed by atoms with E-state index in [2.05, 4.69) is 15.6 Å². The number of alkyl carbamates (subject to hydrolysis) is 1. The quantitative estimate of drug-likeness (QED) is 0.467. The van der Waals surface area contributed by atoms with Crippen molar-refractivity contribution >= 4 is 18.0 Å². The Morgan fingerprint density at radius 1 is 1.06 bits per heavy atom. The second kappa shape index (κ2) is 9.78. The number of nitrogens with one attached hydrogen (secondary N) is 2. The number of hydrogen-bond donors (Lipinski definition) is 3. The Morgan fingerprint density at radius 2 is 1.68 bits per heavy atom. The smallest absolute Gasteiger partial charge is 0.407 e. The number of amides is 2. The molecule has 9 heteroatoms. The van der Waals surface area contributed by atoms with Crippen LogP contribution < -0.4 is 10.6 Å². The summed E-state index contributed by atoms with van der Waals surface area (Å²) < 4.78 is 10.8. The summed E-state index contributed by atoms with van der Waals surface area (Å²) in [6.07, 6.45) is -1.46. The molecule has 2 amide bonds. The topological polar surface area (TPSA) is 131 Å². The van der Waals surface area contributed by atoms with Crippen molar-refractivity contribution in [1.29, 1.82) is 0 Å². The zero-order chi connectivity index (χ0) is 24.2. The minimum absolute atomic E-state index is 0.0218. The summed E-state index contributed by atoms with van der Waals surface area (Å²) in [5.74, 6) is -1.13. The largest absolute Gasteiger partial charge is 0.481 e. The van der Waals surface area contributed by atoms with E-state index in [1.54, 1.807) is 13.8 Å². The van der Waals surface area contributed by atoms with Gasteiger partial charge in [0.05, 0.1) is 18.7 Å². The highest BCUT2D eigenvalue weighted by Gasteiger charge is 2.30. The summed E-state index contributed by atoms with van der Waals surface area (Å²) in [6.45, 7) is 3.50. The molecular weight excluding hydrogens is 438 g/mol. The van der Waals surface area contributed by atoms with Crippen LogP contribution in [0.15, 0.2) is 52.9 Å². The monoisotopic (exact) mass is 463 g/mol. The van der Waals surface area contributed by atoms with Gasteiger partial charge in [0.15, 0.2) is 5.89 Å². The summed E-state index contributed by atoms with van der Waals surface area (Å²) in [7, 11) is 0. The van der Waals surface area contributed by atoms with Crippen LogP contribution in [0.25, 0.3) is 11.1 Å². The van der Waals surface area contributed by atoms with Crippen LogP contribution in [0.5, 0.6) is 0 Å². The first-order valence-corrected chi connectivity index (χ1v) is 10.9. The number of ether oxygens (including phenoxy) is 1. The maximum atomic E-state index is 12.6. The Balaban J connectivity index is 1.39. The third kappa shape index (κ3) is 4.93. The first kappa shape index (κ1) is 23.0. The Morgan fingerprint density at radius 3 is 2.24 bits per heavy atom. The third-order valence-electron chi connectivity index (χ3n) is 5.75. The van der Waals surface area contributed by atoms with Crippen LogP contribution in [0.1, 0.15) is 40.8 Å². The van der Waals surface area contributed by atoms with Crippen LogP contribution in [0, 0.1) is 13.8 Å². The molecule has 9 nitrogen and oxygen atoms in total. The standard InChI is InChI=1S/C25H25N3O6/c1-14-22(34-15(2)27-14)12-26-24(31)21(11-23(29)30)28-25(32)33-13-20-18-9-5-3-7-16(18)17-8-4-6-10-19(17)20/h3-10,20-21H,11-13H2,1-2H3,(H,26,31)(H,28,32)(H,29,30). The van der Waals surface area contributed by atoms with E-state index < -0.39 is 30.4 Å². The molecule has 0 spiro atoms. The average molecular weight is 463 g/mol. The zero-order valence-electron chi connectivity index (χ0n) is 18.8. The average Bonchev–Trinajstić information content (AvgIpc) is 3.31. The summed E-state index contributed by atoms with van der Waals surface area (Å²) in [5.41, 5.74) is 4.90. The molecule has 1 aromatic heterocycles. The summed E-state index contributed by atoms with van der Waals surface area (Å²) in [4.78, 5) is 40.5. The van der Waals surface area contributed by atoms with E-state index in [-0.39, 0.29) is 19.1 Å². The molecule has 1 unspecified atom stereocenters. The molecule has 0 bridgehead atoms. The van der Waals surface area contributed by atoms with Gasteiger partial charge in [-0.2, -0.15) is 0 Å². The Labute approximate surface area is 196 Å². The van der Waals surface area contributed by atoms with E-state index in [1.807, 2.05) is 48.5 Å². The van der Waals surface area contributed by atoms with Crippen molar-refractivity contribution in [1.82, 2.24) is 15.6 Å². The first-order chi connectivity index (χ1) is 16.3. The van der Waals surface area contributed by atoms with Gasteiger partial charge in [-0.15, -0.1) is 0 Å². The van der Waals surface area contributed by atoms with Gasteiger partial charge in [-0.3, -0.25) is 9.59 Å². The van der Waals surface area contributed by atoms with Crippen LogP contribution in [-0.4, -0.2) is 40.7 Å². The minimum atomic E-state index is -1.31. The molecule has 0 fully saturated rings. The SMILES string of the molecule is Cc1nc(C)c(CNC(=O)C(CC(=O)O)NC(=O)OCC2c3ccccc3-c3ccccc32)o1. The number of fused-ring (bicyclic) bond motifs is 3. The van der Waals surface area contributed by atoms with Crippen molar-refractivity contribution in [3.8, 4) is 11.1 Å². The van der Waals surface area contributed by atoms with Gasteiger partial charge in [-0.1, -0.05) is 48.5 Å². The van der Waals surface area contributed by atoms with E-state index in [9.17, 15) is 19.5 Å². The molecule has 2 aromatic carbocycles. The molecule has 0 saturated heterocycles. The predicted molar refractivity (Wildman–Crippen MR) is 122 cm³/mol. The maximum Gasteiger partial charge on any atom is 0.407 e. The highest BCUT2D eigenvalue weighted by molar-refractivity contribution is 5.89. The summed E-state index contributed by atoms with van der Waals surface area (Å²) >= 11 is 0. The first-order valence-electron chi connectivity index (χ1n) is 10.9. The van der Waals surface area contributed by atoms with Gasteiger partial charge in [-0.25, -0.2) is 9.78 Å². The lowest BCUT2D eigenvalue weighted by molar-refractivity contribution is -0.139. The number of carbonyl (C=O) groups is 3. The number of hydrogen-bond acceptors (Lipinski definition) is 6. The Hall–Kier alpha value is -4.14. The molecule has 176 valence electrons. The lowest BCUT2D eigenvalue weighted by atomic mass is 9.98. The number of carbonyl (C=O) groups excluding carboxylic acids is 2. The molecule has 0 aliphatic heterocycles. The second-order valence-electron chi connectivity index (χ2n) is 8.08. The number of benzene rings is 2. The second-order valence-corrected chi connectivity index (χ2v) is 8.08. The van der Waals surface area contributed by atoms with E-state index >= 15 is 0 Å². The van der Waals surface area contributed by atoms with Crippen molar-refractivity contribution in [2.24, 2.45) is 0 Å². The number of carboxylic acid groups (broad SMARTS) is 1. The number of aryl methyl sites for hydroxylation is 2. The normalized spacial score (nSPS) is 13.0. The molecule has 0 saturated carbocycles. The summed E-state index contributed by atoms with van der Waals surface area (Å²) in [6, 6.07) is 14.5. The van der Waals surface area contributed by atoms with Gasteiger partial charge in [0, 0.05) is 12.8 Å². The van der Waals surface area contributed by atoms with Crippen molar-refractivity contribution in [2.75, 3.05) is 6.61 Å². The van der Waals surface area contributed by atoms with Crippen molar-refractivity contribution in [3.63, 3.8) is 0 Å². The molecule has 0 radical (unpaired) electrons. The molecular formula is C25H25N3O6. The van der Waals surface area contributed by atoms with Crippen molar-refractivity contribution in [3.05, 3.63) is 77.0 Å². The predicted octanol–water partition coefficient (Wildman–Crippen LogP) is 3.29. The van der Waals surface area contributed by atoms with Crippen molar-refractivity contribution in [2.45, 2.75) is 38.8 Å². The molecule has 3 aromatic rings. The van der Waals surface area contributed by atoms with Crippen LogP contribution in [0.4, 0.5) is 4.79 Å². The van der Waals surface area contributed by atoms with Crippen LogP contribution in [0.3, 0.4) is 0 Å². The van der Waals surface area contributed by atoms with Gasteiger partial charge in [0.2, 0.25) is 5.91 Å². The molecule has 1 atom stereocenters.